The van der Waals surface area contributed by atoms with E-state index in [4.69, 9.17) is 22.1 Å². The topological polar surface area (TPSA) is 109 Å². The molecule has 1 saturated heterocycles. The molecule has 0 aliphatic carbocycles. The number of thiazole rings is 1. The van der Waals surface area contributed by atoms with Crippen molar-refractivity contribution in [3.63, 3.8) is 0 Å². The number of aromatic nitrogens is 1. The van der Waals surface area contributed by atoms with Gasteiger partial charge in [0.2, 0.25) is 0 Å². The quantitative estimate of drug-likeness (QED) is 0.210. The maximum atomic E-state index is 13.6. The van der Waals surface area contributed by atoms with Gasteiger partial charge in [-0.1, -0.05) is 48.2 Å². The second-order valence-electron chi connectivity index (χ2n) is 7.80. The molecule has 196 valence electrons. The van der Waals surface area contributed by atoms with E-state index in [2.05, 4.69) is 10.3 Å². The first-order chi connectivity index (χ1) is 18.2. The number of anilines is 1. The SMILES string of the molecule is CCOC(=O)C(=C1SC(=S)N(CC(=O)O)C1=O)c1csc(NC(c2ccc(F)cc2)c2ccc(F)cc2)n1. The molecule has 0 saturated carbocycles. The van der Waals surface area contributed by atoms with Crippen molar-refractivity contribution >= 4 is 68.2 Å². The molecule has 2 N–H and O–H groups in total. The zero-order chi connectivity index (χ0) is 27.4. The third-order valence-electron chi connectivity index (χ3n) is 5.28. The number of carboxylic acids is 1. The summed E-state index contributed by atoms with van der Waals surface area (Å²) in [6.07, 6.45) is 0. The molecule has 8 nitrogen and oxygen atoms in total. The summed E-state index contributed by atoms with van der Waals surface area (Å²) < 4.78 is 32.3. The van der Waals surface area contributed by atoms with E-state index in [0.717, 1.165) is 28.0 Å². The number of nitrogens with zero attached hydrogens (tertiary/aromatic N) is 2. The Kier molecular flexibility index (Phi) is 8.49. The maximum Gasteiger partial charge on any atom is 0.341 e. The Balaban J connectivity index is 1.71. The Bertz CT molecular complexity index is 1380. The molecule has 3 aromatic rings. The van der Waals surface area contributed by atoms with Crippen LogP contribution in [0.2, 0.25) is 0 Å². The normalized spacial score (nSPS) is 14.7. The Morgan fingerprint density at radius 3 is 2.21 bits per heavy atom. The van der Waals surface area contributed by atoms with Gasteiger partial charge in [0.15, 0.2) is 5.13 Å². The van der Waals surface area contributed by atoms with Crippen LogP contribution in [-0.4, -0.2) is 50.3 Å². The fourth-order valence-corrected chi connectivity index (χ4v) is 5.63. The van der Waals surface area contributed by atoms with Crippen molar-refractivity contribution in [3.8, 4) is 0 Å². The van der Waals surface area contributed by atoms with Crippen molar-refractivity contribution in [1.82, 2.24) is 9.88 Å². The van der Waals surface area contributed by atoms with Crippen molar-refractivity contribution in [1.29, 1.82) is 0 Å². The van der Waals surface area contributed by atoms with E-state index < -0.39 is 42.1 Å². The number of carbonyl (C=O) groups is 3. The van der Waals surface area contributed by atoms with Gasteiger partial charge in [-0.25, -0.2) is 18.6 Å². The molecule has 1 aliphatic heterocycles. The number of hydrogen-bond acceptors (Lipinski definition) is 9. The third-order valence-corrected chi connectivity index (χ3v) is 7.51. The van der Waals surface area contributed by atoms with Crippen LogP contribution in [0.15, 0.2) is 58.8 Å². The molecule has 0 bridgehead atoms. The van der Waals surface area contributed by atoms with Crippen LogP contribution in [-0.2, 0) is 19.1 Å². The number of rotatable bonds is 9. The lowest BCUT2D eigenvalue weighted by Crippen LogP contribution is -2.33. The van der Waals surface area contributed by atoms with Gasteiger partial charge in [-0.15, -0.1) is 11.3 Å². The van der Waals surface area contributed by atoms with Crippen LogP contribution in [0.25, 0.3) is 5.57 Å². The fourth-order valence-electron chi connectivity index (χ4n) is 3.59. The van der Waals surface area contributed by atoms with Gasteiger partial charge in [-0.05, 0) is 42.3 Å². The van der Waals surface area contributed by atoms with Crippen LogP contribution in [0.4, 0.5) is 13.9 Å². The first-order valence-corrected chi connectivity index (χ1v) is 13.2. The summed E-state index contributed by atoms with van der Waals surface area (Å²) in [5.41, 5.74) is 1.34. The summed E-state index contributed by atoms with van der Waals surface area (Å²) in [4.78, 5) is 42.3. The number of amides is 1. The second kappa shape index (κ2) is 11.8. The third kappa shape index (κ3) is 6.06. The Labute approximate surface area is 229 Å². The van der Waals surface area contributed by atoms with Crippen molar-refractivity contribution in [3.05, 3.63) is 87.3 Å². The molecule has 2 heterocycles. The standard InChI is InChI=1S/C25H19F2N3O5S3/c1-2-35-23(34)19(21-22(33)30(11-18(31)32)25(36)38-21)17-12-37-24(28-17)29-20(13-3-7-15(26)8-4-13)14-5-9-16(27)10-6-14/h3-10,12,20H,2,11H2,1H3,(H,28,29)(H,31,32). The smallest absolute Gasteiger partial charge is 0.341 e. The lowest BCUT2D eigenvalue weighted by Gasteiger charge is -2.19. The molecule has 1 aliphatic rings. The zero-order valence-corrected chi connectivity index (χ0v) is 22.1. The molecule has 1 aromatic heterocycles. The average molecular weight is 576 g/mol. The number of halogens is 2. The van der Waals surface area contributed by atoms with Crippen LogP contribution in [0.5, 0.6) is 0 Å². The summed E-state index contributed by atoms with van der Waals surface area (Å²) in [6.45, 7) is 0.991. The zero-order valence-electron chi connectivity index (χ0n) is 19.6. The van der Waals surface area contributed by atoms with Gasteiger partial charge < -0.3 is 15.2 Å². The first-order valence-electron chi connectivity index (χ1n) is 11.1. The first kappa shape index (κ1) is 27.4. The van der Waals surface area contributed by atoms with E-state index in [9.17, 15) is 23.2 Å². The molecule has 0 atom stereocenters. The second-order valence-corrected chi connectivity index (χ2v) is 10.3. The van der Waals surface area contributed by atoms with Gasteiger partial charge in [0.1, 0.15) is 28.1 Å². The number of benzene rings is 2. The summed E-state index contributed by atoms with van der Waals surface area (Å²) in [5.74, 6) is -3.63. The highest BCUT2D eigenvalue weighted by atomic mass is 32.2. The maximum absolute atomic E-state index is 13.6. The monoisotopic (exact) mass is 575 g/mol. The molecule has 0 radical (unpaired) electrons. The number of carbonyl (C=O) groups excluding carboxylic acids is 2. The summed E-state index contributed by atoms with van der Waals surface area (Å²) in [7, 11) is 0. The summed E-state index contributed by atoms with van der Waals surface area (Å²) in [5, 5.41) is 14.2. The van der Waals surface area contributed by atoms with E-state index in [-0.39, 0.29) is 27.1 Å². The van der Waals surface area contributed by atoms with E-state index in [1.54, 1.807) is 36.6 Å². The molecule has 1 fully saturated rings. The summed E-state index contributed by atoms with van der Waals surface area (Å²) in [6, 6.07) is 11.0. The number of thiocarbonyl (C=S) groups is 1. The molecule has 1 amide bonds. The Morgan fingerprint density at radius 2 is 1.68 bits per heavy atom. The van der Waals surface area contributed by atoms with Crippen LogP contribution in [0.3, 0.4) is 0 Å². The molecule has 0 unspecified atom stereocenters. The Morgan fingerprint density at radius 1 is 1.11 bits per heavy atom. The van der Waals surface area contributed by atoms with Gasteiger partial charge in [-0.3, -0.25) is 14.5 Å². The van der Waals surface area contributed by atoms with E-state index in [0.29, 0.717) is 16.3 Å². The number of hydrogen-bond donors (Lipinski definition) is 2. The average Bonchev–Trinajstić information content (AvgIpc) is 3.44. The van der Waals surface area contributed by atoms with Crippen LogP contribution < -0.4 is 5.32 Å². The Hall–Kier alpha value is -3.68. The van der Waals surface area contributed by atoms with E-state index in [1.165, 1.54) is 24.3 Å². The van der Waals surface area contributed by atoms with Gasteiger partial charge in [0.05, 0.1) is 23.2 Å². The van der Waals surface area contributed by atoms with E-state index in [1.807, 2.05) is 0 Å². The minimum absolute atomic E-state index is 0.00420. The van der Waals surface area contributed by atoms with Crippen molar-refractivity contribution < 1.29 is 33.0 Å². The summed E-state index contributed by atoms with van der Waals surface area (Å²) >= 11 is 7.09. The number of aliphatic carboxylic acids is 1. The van der Waals surface area contributed by atoms with Crippen molar-refractivity contribution in [2.75, 3.05) is 18.5 Å². The van der Waals surface area contributed by atoms with Crippen molar-refractivity contribution in [2.24, 2.45) is 0 Å². The highest BCUT2D eigenvalue weighted by molar-refractivity contribution is 8.26. The van der Waals surface area contributed by atoms with Gasteiger partial charge >= 0.3 is 11.9 Å². The molecule has 4 rings (SSSR count). The number of ether oxygens (including phenoxy) is 1. The largest absolute Gasteiger partial charge is 0.480 e. The van der Waals surface area contributed by atoms with Crippen LogP contribution >= 0.6 is 35.3 Å². The van der Waals surface area contributed by atoms with Gasteiger partial charge in [0, 0.05) is 5.38 Å². The highest BCUT2D eigenvalue weighted by Crippen LogP contribution is 2.38. The number of esters is 1. The molecule has 0 spiro atoms. The fraction of sp³-hybridized carbons (Fsp3) is 0.160. The van der Waals surface area contributed by atoms with Gasteiger partial charge in [0.25, 0.3) is 5.91 Å². The van der Waals surface area contributed by atoms with E-state index >= 15 is 0 Å². The lowest BCUT2D eigenvalue weighted by molar-refractivity contribution is -0.140. The van der Waals surface area contributed by atoms with Crippen LogP contribution in [0, 0.1) is 11.6 Å². The molecular formula is C25H19F2N3O5S3. The van der Waals surface area contributed by atoms with Gasteiger partial charge in [-0.2, -0.15) is 0 Å². The predicted molar refractivity (Wildman–Crippen MR) is 143 cm³/mol. The number of thioether (sulfide) groups is 1. The number of carboxylic acid groups (broad SMARTS) is 1. The molecule has 13 heteroatoms. The number of nitrogens with one attached hydrogen (secondary N) is 1. The van der Waals surface area contributed by atoms with Crippen molar-refractivity contribution in [2.45, 2.75) is 13.0 Å². The molecular weight excluding hydrogens is 556 g/mol. The molecule has 2 aromatic carbocycles. The lowest BCUT2D eigenvalue weighted by atomic mass is 9.99. The minimum atomic E-state index is -1.26. The minimum Gasteiger partial charge on any atom is -0.480 e. The highest BCUT2D eigenvalue weighted by Gasteiger charge is 2.38. The predicted octanol–water partition coefficient (Wildman–Crippen LogP) is 4.84. The van der Waals surface area contributed by atoms with Crippen LogP contribution in [0.1, 0.15) is 29.8 Å². The molecule has 38 heavy (non-hydrogen) atoms.